The number of carboxylic acid groups (broad SMARTS) is 1. The third kappa shape index (κ3) is 3.08. The van der Waals surface area contributed by atoms with Crippen LogP contribution < -0.4 is 0 Å². The van der Waals surface area contributed by atoms with E-state index in [2.05, 4.69) is 0 Å². The van der Waals surface area contributed by atoms with Gasteiger partial charge in [0.05, 0.1) is 6.54 Å². The van der Waals surface area contributed by atoms with Crippen LogP contribution >= 0.6 is 0 Å². The number of carbonyl (C=O) groups excluding carboxylic acids is 1. The molecule has 0 bridgehead atoms. The van der Waals surface area contributed by atoms with Gasteiger partial charge in [-0.15, -0.1) is 0 Å². The summed E-state index contributed by atoms with van der Waals surface area (Å²) in [6, 6.07) is -1.12. The number of alkyl halides is 1. The molecule has 1 heterocycles. The summed E-state index contributed by atoms with van der Waals surface area (Å²) >= 11 is 0. The van der Waals surface area contributed by atoms with Gasteiger partial charge in [0.25, 0.3) is 0 Å². The zero-order valence-electron chi connectivity index (χ0n) is 9.57. The lowest BCUT2D eigenvalue weighted by Gasteiger charge is -2.26. The highest BCUT2D eigenvalue weighted by molar-refractivity contribution is 5.81. The summed E-state index contributed by atoms with van der Waals surface area (Å²) in [4.78, 5) is 23.3. The van der Waals surface area contributed by atoms with E-state index in [1.807, 2.05) is 0 Å². The van der Waals surface area contributed by atoms with E-state index in [1.165, 1.54) is 0 Å². The van der Waals surface area contributed by atoms with Crippen molar-refractivity contribution in [1.82, 2.24) is 4.90 Å². The molecule has 0 aromatic rings. The van der Waals surface area contributed by atoms with E-state index in [0.717, 1.165) is 4.90 Å². The number of nitrogens with zero attached hydrogens (tertiary/aromatic N) is 1. The van der Waals surface area contributed by atoms with Gasteiger partial charge in [0, 0.05) is 6.42 Å². The van der Waals surface area contributed by atoms with Gasteiger partial charge in [-0.25, -0.2) is 14.0 Å². The fourth-order valence-electron chi connectivity index (χ4n) is 1.54. The van der Waals surface area contributed by atoms with E-state index in [-0.39, 0.29) is 13.0 Å². The first kappa shape index (κ1) is 12.7. The Morgan fingerprint density at radius 2 is 2.00 bits per heavy atom. The van der Waals surface area contributed by atoms with Crippen molar-refractivity contribution in [3.8, 4) is 0 Å². The largest absolute Gasteiger partial charge is 0.480 e. The Balaban J connectivity index is 2.71. The molecule has 1 N–H and O–H groups in total. The molecule has 0 aromatic carbocycles. The molecular formula is C10H16FNO4. The minimum absolute atomic E-state index is 0.172. The number of amides is 1. The van der Waals surface area contributed by atoms with E-state index >= 15 is 0 Å². The molecule has 2 atom stereocenters. The van der Waals surface area contributed by atoms with Crippen LogP contribution in [0.15, 0.2) is 0 Å². The van der Waals surface area contributed by atoms with Crippen molar-refractivity contribution in [3.05, 3.63) is 0 Å². The van der Waals surface area contributed by atoms with Gasteiger partial charge in [-0.05, 0) is 20.8 Å². The van der Waals surface area contributed by atoms with Gasteiger partial charge in [0.2, 0.25) is 0 Å². The maximum Gasteiger partial charge on any atom is 0.411 e. The van der Waals surface area contributed by atoms with E-state index in [0.29, 0.717) is 0 Å². The highest BCUT2D eigenvalue weighted by Gasteiger charge is 2.41. The van der Waals surface area contributed by atoms with Gasteiger partial charge in [-0.3, -0.25) is 4.90 Å². The van der Waals surface area contributed by atoms with E-state index in [9.17, 15) is 14.0 Å². The van der Waals surface area contributed by atoms with Crippen LogP contribution in [-0.2, 0) is 9.53 Å². The average molecular weight is 233 g/mol. The average Bonchev–Trinajstić information content (AvgIpc) is 2.44. The quantitative estimate of drug-likeness (QED) is 0.743. The standard InChI is InChI=1S/C10H16FNO4/c1-10(2,3)16-9(15)12-5-6(11)4-7(12)8(13)14/h6-7H,4-5H2,1-3H3,(H,13,14). The lowest BCUT2D eigenvalue weighted by Crippen LogP contribution is -2.43. The molecular weight excluding hydrogens is 217 g/mol. The van der Waals surface area contributed by atoms with Crippen LogP contribution in [0, 0.1) is 0 Å². The molecule has 1 aliphatic heterocycles. The summed E-state index contributed by atoms with van der Waals surface area (Å²) in [6.45, 7) is 4.79. The van der Waals surface area contributed by atoms with Crippen molar-refractivity contribution in [2.45, 2.75) is 45.0 Å². The first-order chi connectivity index (χ1) is 7.20. The molecule has 1 saturated heterocycles. The molecule has 92 valence electrons. The fraction of sp³-hybridized carbons (Fsp3) is 0.800. The molecule has 16 heavy (non-hydrogen) atoms. The predicted octanol–water partition coefficient (Wildman–Crippen LogP) is 1.42. The molecule has 6 heteroatoms. The van der Waals surface area contributed by atoms with Crippen molar-refractivity contribution < 1.29 is 23.8 Å². The van der Waals surface area contributed by atoms with Crippen molar-refractivity contribution in [2.24, 2.45) is 0 Å². The van der Waals surface area contributed by atoms with Gasteiger partial charge >= 0.3 is 12.1 Å². The number of ether oxygens (including phenoxy) is 1. The maximum atomic E-state index is 13.1. The van der Waals surface area contributed by atoms with Crippen LogP contribution in [0.1, 0.15) is 27.2 Å². The second-order valence-corrected chi connectivity index (χ2v) is 4.82. The Morgan fingerprint density at radius 1 is 1.44 bits per heavy atom. The van der Waals surface area contributed by atoms with E-state index < -0.39 is 29.9 Å². The Labute approximate surface area is 93.2 Å². The summed E-state index contributed by atoms with van der Waals surface area (Å²) in [5.41, 5.74) is -0.714. The monoisotopic (exact) mass is 233 g/mol. The minimum atomic E-state index is -1.30. The summed E-state index contributed by atoms with van der Waals surface area (Å²) < 4.78 is 18.1. The van der Waals surface area contributed by atoms with Crippen molar-refractivity contribution in [2.75, 3.05) is 6.54 Å². The second kappa shape index (κ2) is 4.27. The van der Waals surface area contributed by atoms with Gasteiger partial charge in [0.15, 0.2) is 0 Å². The van der Waals surface area contributed by atoms with Crippen molar-refractivity contribution in [3.63, 3.8) is 0 Å². The normalized spacial score (nSPS) is 25.6. The number of likely N-dealkylation sites (tertiary alicyclic amines) is 1. The van der Waals surface area contributed by atoms with Crippen LogP contribution in [0.5, 0.6) is 0 Å². The van der Waals surface area contributed by atoms with E-state index in [4.69, 9.17) is 9.84 Å². The number of rotatable bonds is 1. The molecule has 2 unspecified atom stereocenters. The number of hydrogen-bond acceptors (Lipinski definition) is 3. The van der Waals surface area contributed by atoms with Crippen LogP contribution in [-0.4, -0.2) is 46.4 Å². The Hall–Kier alpha value is -1.33. The summed E-state index contributed by atoms with van der Waals surface area (Å²) in [7, 11) is 0. The molecule has 1 aliphatic rings. The van der Waals surface area contributed by atoms with Gasteiger partial charge in [-0.2, -0.15) is 0 Å². The molecule has 0 aliphatic carbocycles. The Bertz CT molecular complexity index is 300. The highest BCUT2D eigenvalue weighted by atomic mass is 19.1. The zero-order valence-corrected chi connectivity index (χ0v) is 9.57. The summed E-state index contributed by atoms with van der Waals surface area (Å²) in [6.07, 6.45) is -2.25. The third-order valence-electron chi connectivity index (χ3n) is 2.16. The number of carboxylic acids is 1. The minimum Gasteiger partial charge on any atom is -0.480 e. The van der Waals surface area contributed by atoms with Crippen molar-refractivity contribution in [1.29, 1.82) is 0 Å². The smallest absolute Gasteiger partial charge is 0.411 e. The molecule has 0 spiro atoms. The molecule has 0 saturated carbocycles. The predicted molar refractivity (Wildman–Crippen MR) is 53.9 cm³/mol. The molecule has 1 fully saturated rings. The molecule has 1 rings (SSSR count). The van der Waals surface area contributed by atoms with Crippen LogP contribution in [0.25, 0.3) is 0 Å². The number of halogens is 1. The third-order valence-corrected chi connectivity index (χ3v) is 2.16. The summed E-state index contributed by atoms with van der Waals surface area (Å²) in [5.74, 6) is -1.20. The molecule has 5 nitrogen and oxygen atoms in total. The topological polar surface area (TPSA) is 66.8 Å². The number of carbonyl (C=O) groups is 2. The second-order valence-electron chi connectivity index (χ2n) is 4.82. The Morgan fingerprint density at radius 3 is 2.44 bits per heavy atom. The lowest BCUT2D eigenvalue weighted by molar-refractivity contribution is -0.142. The first-order valence-electron chi connectivity index (χ1n) is 5.07. The van der Waals surface area contributed by atoms with Gasteiger partial charge in [-0.1, -0.05) is 0 Å². The fourth-order valence-corrected chi connectivity index (χ4v) is 1.54. The summed E-state index contributed by atoms with van der Waals surface area (Å²) in [5, 5.41) is 8.83. The lowest BCUT2D eigenvalue weighted by atomic mass is 10.2. The highest BCUT2D eigenvalue weighted by Crippen LogP contribution is 2.23. The van der Waals surface area contributed by atoms with Gasteiger partial charge in [0.1, 0.15) is 17.8 Å². The first-order valence-corrected chi connectivity index (χ1v) is 5.07. The Kier molecular flexibility index (Phi) is 3.40. The number of aliphatic carboxylic acids is 1. The van der Waals surface area contributed by atoms with Crippen LogP contribution in [0.3, 0.4) is 0 Å². The van der Waals surface area contributed by atoms with E-state index in [1.54, 1.807) is 20.8 Å². The molecule has 0 aromatic heterocycles. The van der Waals surface area contributed by atoms with Crippen molar-refractivity contribution >= 4 is 12.1 Å². The molecule has 1 amide bonds. The zero-order chi connectivity index (χ0) is 12.5. The SMILES string of the molecule is CC(C)(C)OC(=O)N1CC(F)CC1C(=O)O. The van der Waals surface area contributed by atoms with Crippen LogP contribution in [0.4, 0.5) is 9.18 Å². The number of hydrogen-bond donors (Lipinski definition) is 1. The maximum absolute atomic E-state index is 13.1. The molecule has 0 radical (unpaired) electrons. The van der Waals surface area contributed by atoms with Crippen LogP contribution in [0.2, 0.25) is 0 Å². The van der Waals surface area contributed by atoms with Gasteiger partial charge < -0.3 is 9.84 Å².